The number of aliphatic hydroxyl groups is 1. The molecule has 4 nitrogen and oxygen atoms in total. The Morgan fingerprint density at radius 1 is 1.61 bits per heavy atom. The van der Waals surface area contributed by atoms with Crippen LogP contribution in [-0.4, -0.2) is 55.7 Å². The summed E-state index contributed by atoms with van der Waals surface area (Å²) in [7, 11) is 3.51. The van der Waals surface area contributed by atoms with Crippen molar-refractivity contribution in [2.24, 2.45) is 0 Å². The van der Waals surface area contributed by atoms with Crippen LogP contribution in [0.1, 0.15) is 22.5 Å². The van der Waals surface area contributed by atoms with Gasteiger partial charge in [0.15, 0.2) is 5.78 Å². The normalized spacial score (nSPS) is 12.9. The monoisotopic (exact) mass is 271 g/mol. The van der Waals surface area contributed by atoms with Gasteiger partial charge in [-0.3, -0.25) is 4.79 Å². The SMILES string of the molecule is COCC(O)CN(C)CCCC(=O)c1cccs1. The van der Waals surface area contributed by atoms with E-state index < -0.39 is 6.10 Å². The summed E-state index contributed by atoms with van der Waals surface area (Å²) in [5.41, 5.74) is 0. The number of methoxy groups -OCH3 is 1. The molecule has 102 valence electrons. The minimum Gasteiger partial charge on any atom is -0.389 e. The van der Waals surface area contributed by atoms with Crippen LogP contribution in [0.4, 0.5) is 0 Å². The number of thiophene rings is 1. The molecule has 0 radical (unpaired) electrons. The Morgan fingerprint density at radius 3 is 3.00 bits per heavy atom. The Hall–Kier alpha value is -0.750. The van der Waals surface area contributed by atoms with E-state index >= 15 is 0 Å². The zero-order valence-electron chi connectivity index (χ0n) is 11.0. The van der Waals surface area contributed by atoms with Crippen LogP contribution in [0.3, 0.4) is 0 Å². The second-order valence-corrected chi connectivity index (χ2v) is 5.32. The van der Waals surface area contributed by atoms with E-state index in [1.807, 2.05) is 29.5 Å². The van der Waals surface area contributed by atoms with Crippen LogP contribution in [-0.2, 0) is 4.74 Å². The van der Waals surface area contributed by atoms with Crippen LogP contribution in [0.5, 0.6) is 0 Å². The topological polar surface area (TPSA) is 49.8 Å². The average molecular weight is 271 g/mol. The molecule has 1 rings (SSSR count). The Morgan fingerprint density at radius 2 is 2.39 bits per heavy atom. The molecule has 0 fully saturated rings. The number of hydrogen-bond donors (Lipinski definition) is 1. The van der Waals surface area contributed by atoms with Gasteiger partial charge in [0.05, 0.1) is 17.6 Å². The molecule has 18 heavy (non-hydrogen) atoms. The molecular formula is C13H21NO3S. The van der Waals surface area contributed by atoms with E-state index in [1.54, 1.807) is 7.11 Å². The smallest absolute Gasteiger partial charge is 0.172 e. The van der Waals surface area contributed by atoms with Gasteiger partial charge in [-0.05, 0) is 31.5 Å². The summed E-state index contributed by atoms with van der Waals surface area (Å²) in [5.74, 6) is 0.204. The largest absolute Gasteiger partial charge is 0.389 e. The van der Waals surface area contributed by atoms with E-state index in [0.717, 1.165) is 17.8 Å². The van der Waals surface area contributed by atoms with Crippen molar-refractivity contribution in [3.05, 3.63) is 22.4 Å². The molecule has 1 N–H and O–H groups in total. The summed E-state index contributed by atoms with van der Waals surface area (Å²) in [5, 5.41) is 11.5. The number of aliphatic hydroxyl groups excluding tert-OH is 1. The molecule has 0 aromatic carbocycles. The highest BCUT2D eigenvalue weighted by Gasteiger charge is 2.10. The van der Waals surface area contributed by atoms with E-state index in [9.17, 15) is 9.90 Å². The Bertz CT molecular complexity index is 340. The van der Waals surface area contributed by atoms with E-state index in [4.69, 9.17) is 4.74 Å². The zero-order chi connectivity index (χ0) is 13.4. The van der Waals surface area contributed by atoms with Crippen LogP contribution in [0.15, 0.2) is 17.5 Å². The lowest BCUT2D eigenvalue weighted by atomic mass is 10.2. The fourth-order valence-corrected chi connectivity index (χ4v) is 2.46. The van der Waals surface area contributed by atoms with Crippen molar-refractivity contribution in [2.75, 3.05) is 33.9 Å². The maximum absolute atomic E-state index is 11.7. The van der Waals surface area contributed by atoms with Crippen LogP contribution in [0, 0.1) is 0 Å². The quantitative estimate of drug-likeness (QED) is 0.694. The van der Waals surface area contributed by atoms with Gasteiger partial charge in [-0.1, -0.05) is 6.07 Å². The summed E-state index contributed by atoms with van der Waals surface area (Å²) in [6.07, 6.45) is 0.908. The maximum Gasteiger partial charge on any atom is 0.172 e. The van der Waals surface area contributed by atoms with Crippen LogP contribution in [0.2, 0.25) is 0 Å². The fraction of sp³-hybridized carbons (Fsp3) is 0.615. The average Bonchev–Trinajstić information content (AvgIpc) is 2.82. The Labute approximate surface area is 112 Å². The number of hydrogen-bond acceptors (Lipinski definition) is 5. The van der Waals surface area contributed by atoms with Gasteiger partial charge >= 0.3 is 0 Å². The highest BCUT2D eigenvalue weighted by atomic mass is 32.1. The van der Waals surface area contributed by atoms with Crippen molar-refractivity contribution >= 4 is 17.1 Å². The van der Waals surface area contributed by atoms with Gasteiger partial charge < -0.3 is 14.7 Å². The predicted octanol–water partition coefficient (Wildman–Crippen LogP) is 1.65. The van der Waals surface area contributed by atoms with Crippen molar-refractivity contribution in [3.8, 4) is 0 Å². The Balaban J connectivity index is 2.15. The van der Waals surface area contributed by atoms with Crippen molar-refractivity contribution in [2.45, 2.75) is 18.9 Å². The molecule has 0 saturated heterocycles. The van der Waals surface area contributed by atoms with Crippen LogP contribution < -0.4 is 0 Å². The number of nitrogens with zero attached hydrogens (tertiary/aromatic N) is 1. The first kappa shape index (κ1) is 15.3. The summed E-state index contributed by atoms with van der Waals surface area (Å²) >= 11 is 1.49. The number of ketones is 1. The highest BCUT2D eigenvalue weighted by molar-refractivity contribution is 7.12. The molecule has 0 aliphatic rings. The molecule has 1 aromatic rings. The number of likely N-dealkylation sites (N-methyl/N-ethyl adjacent to an activating group) is 1. The van der Waals surface area contributed by atoms with Gasteiger partial charge in [0.1, 0.15) is 0 Å². The molecule has 0 bridgehead atoms. The molecular weight excluding hydrogens is 250 g/mol. The van der Waals surface area contributed by atoms with Crippen molar-refractivity contribution in [1.82, 2.24) is 4.90 Å². The molecule has 0 amide bonds. The molecule has 1 heterocycles. The third-order valence-electron chi connectivity index (χ3n) is 2.62. The standard InChI is InChI=1S/C13H21NO3S/c1-14(9-11(15)10-17-2)7-3-5-12(16)13-6-4-8-18-13/h4,6,8,11,15H,3,5,7,9-10H2,1-2H3. The molecule has 5 heteroatoms. The van der Waals surface area contributed by atoms with E-state index in [1.165, 1.54) is 11.3 Å². The van der Waals surface area contributed by atoms with Crippen LogP contribution in [0.25, 0.3) is 0 Å². The van der Waals surface area contributed by atoms with Gasteiger partial charge in [-0.25, -0.2) is 0 Å². The number of Topliss-reactive ketones (excluding diaryl/α,β-unsaturated/α-hetero) is 1. The summed E-state index contributed by atoms with van der Waals surface area (Å²) < 4.78 is 4.87. The molecule has 1 atom stereocenters. The predicted molar refractivity (Wildman–Crippen MR) is 73.3 cm³/mol. The number of carbonyl (C=O) groups is 1. The summed E-state index contributed by atoms with van der Waals surface area (Å²) in [6.45, 7) is 1.72. The summed E-state index contributed by atoms with van der Waals surface area (Å²) in [4.78, 5) is 14.6. The zero-order valence-corrected chi connectivity index (χ0v) is 11.8. The lowest BCUT2D eigenvalue weighted by Crippen LogP contribution is -2.32. The Kier molecular flexibility index (Phi) is 7.12. The third-order valence-corrected chi connectivity index (χ3v) is 3.53. The molecule has 0 aliphatic carbocycles. The maximum atomic E-state index is 11.7. The van der Waals surface area contributed by atoms with Crippen molar-refractivity contribution in [3.63, 3.8) is 0 Å². The minimum atomic E-state index is -0.465. The third kappa shape index (κ3) is 5.73. The first-order valence-electron chi connectivity index (χ1n) is 6.05. The van der Waals surface area contributed by atoms with E-state index in [-0.39, 0.29) is 5.78 Å². The fourth-order valence-electron chi connectivity index (χ4n) is 1.77. The first-order valence-corrected chi connectivity index (χ1v) is 6.93. The minimum absolute atomic E-state index is 0.204. The number of ether oxygens (including phenoxy) is 1. The molecule has 1 unspecified atom stereocenters. The number of carbonyl (C=O) groups excluding carboxylic acids is 1. The van der Waals surface area contributed by atoms with Gasteiger partial charge in [0, 0.05) is 20.1 Å². The highest BCUT2D eigenvalue weighted by Crippen LogP contribution is 2.12. The molecule has 1 aromatic heterocycles. The van der Waals surface area contributed by atoms with Gasteiger partial charge in [-0.15, -0.1) is 11.3 Å². The second-order valence-electron chi connectivity index (χ2n) is 4.38. The van der Waals surface area contributed by atoms with Gasteiger partial charge in [0.25, 0.3) is 0 Å². The summed E-state index contributed by atoms with van der Waals surface area (Å²) in [6, 6.07) is 3.75. The van der Waals surface area contributed by atoms with Crippen LogP contribution >= 0.6 is 11.3 Å². The number of rotatable bonds is 9. The lowest BCUT2D eigenvalue weighted by molar-refractivity contribution is 0.0430. The van der Waals surface area contributed by atoms with Gasteiger partial charge in [0.2, 0.25) is 0 Å². The van der Waals surface area contributed by atoms with Gasteiger partial charge in [-0.2, -0.15) is 0 Å². The lowest BCUT2D eigenvalue weighted by Gasteiger charge is -2.19. The van der Waals surface area contributed by atoms with Crippen molar-refractivity contribution in [1.29, 1.82) is 0 Å². The molecule has 0 aliphatic heterocycles. The molecule has 0 saturated carbocycles. The van der Waals surface area contributed by atoms with E-state index in [2.05, 4.69) is 0 Å². The van der Waals surface area contributed by atoms with Crippen molar-refractivity contribution < 1.29 is 14.6 Å². The molecule has 0 spiro atoms. The first-order chi connectivity index (χ1) is 8.63. The second kappa shape index (κ2) is 8.37. The van der Waals surface area contributed by atoms with E-state index in [0.29, 0.717) is 19.6 Å².